The van der Waals surface area contributed by atoms with Gasteiger partial charge in [-0.2, -0.15) is 0 Å². The molecule has 0 bridgehead atoms. The third-order valence-corrected chi connectivity index (χ3v) is 2.44. The second kappa shape index (κ2) is 2.48. The molecule has 0 aliphatic heterocycles. The monoisotopic (exact) mass is 184 g/mol. The molecule has 0 amide bonds. The Morgan fingerprint density at radius 3 is 2.71 bits per heavy atom. The van der Waals surface area contributed by atoms with Crippen molar-refractivity contribution < 1.29 is 5.21 Å². The van der Waals surface area contributed by atoms with Crippen LogP contribution >= 0.6 is 0 Å². The van der Waals surface area contributed by atoms with E-state index in [4.69, 9.17) is 0 Å². The van der Waals surface area contributed by atoms with E-state index in [1.807, 2.05) is 36.4 Å². The third-order valence-electron chi connectivity index (χ3n) is 2.44. The first-order valence-corrected chi connectivity index (χ1v) is 4.41. The maximum absolute atomic E-state index is 9.51. The molecule has 0 aliphatic rings. The molecule has 0 saturated carbocycles. The number of benzene rings is 2. The average molecular weight is 184 g/mol. The molecule has 2 aromatic carbocycles. The van der Waals surface area contributed by atoms with E-state index in [1.54, 1.807) is 6.20 Å². The van der Waals surface area contributed by atoms with Crippen molar-refractivity contribution in [3.63, 3.8) is 0 Å². The quantitative estimate of drug-likeness (QED) is 0.545. The third kappa shape index (κ3) is 0.836. The van der Waals surface area contributed by atoms with Gasteiger partial charge in [0.05, 0.1) is 6.20 Å². The first-order chi connectivity index (χ1) is 6.86. The number of hydrogen-bond acceptors (Lipinski definition) is 2. The van der Waals surface area contributed by atoms with E-state index in [9.17, 15) is 5.21 Å². The molecule has 3 rings (SSSR count). The molecule has 3 heteroatoms. The molecule has 0 saturated heterocycles. The van der Waals surface area contributed by atoms with Crippen LogP contribution in [-0.4, -0.2) is 15.2 Å². The van der Waals surface area contributed by atoms with Gasteiger partial charge < -0.3 is 5.21 Å². The normalized spacial score (nSPS) is 11.1. The average Bonchev–Trinajstić information content (AvgIpc) is 2.61. The molecule has 1 N–H and O–H groups in total. The zero-order chi connectivity index (χ0) is 9.54. The summed E-state index contributed by atoms with van der Waals surface area (Å²) in [7, 11) is 0. The van der Waals surface area contributed by atoms with E-state index in [2.05, 4.69) is 5.10 Å². The van der Waals surface area contributed by atoms with Crippen LogP contribution in [0.2, 0.25) is 0 Å². The Morgan fingerprint density at radius 1 is 1.00 bits per heavy atom. The Morgan fingerprint density at radius 2 is 1.79 bits per heavy atom. The van der Waals surface area contributed by atoms with Gasteiger partial charge in [-0.1, -0.05) is 36.4 Å². The van der Waals surface area contributed by atoms with Gasteiger partial charge in [-0.15, -0.1) is 9.94 Å². The summed E-state index contributed by atoms with van der Waals surface area (Å²) < 4.78 is 0. The number of nitrogens with zero attached hydrogens (tertiary/aromatic N) is 2. The van der Waals surface area contributed by atoms with Crippen molar-refractivity contribution in [3.8, 4) is 0 Å². The minimum absolute atomic E-state index is 0.767. The van der Waals surface area contributed by atoms with Crippen molar-refractivity contribution in [1.82, 2.24) is 9.94 Å². The molecule has 3 nitrogen and oxygen atoms in total. The van der Waals surface area contributed by atoms with Gasteiger partial charge in [-0.25, -0.2) is 0 Å². The standard InChI is InChI=1S/C11H8N2O/c14-13-11-9(7-12-13)6-5-8-3-1-2-4-10(8)11/h1-7,14H. The predicted molar refractivity (Wildman–Crippen MR) is 54.4 cm³/mol. The molecule has 1 heterocycles. The van der Waals surface area contributed by atoms with Gasteiger partial charge in [0, 0.05) is 10.8 Å². The van der Waals surface area contributed by atoms with Crippen LogP contribution in [0.5, 0.6) is 0 Å². The largest absolute Gasteiger partial charge is 0.411 e. The van der Waals surface area contributed by atoms with Crippen molar-refractivity contribution in [2.24, 2.45) is 0 Å². The summed E-state index contributed by atoms with van der Waals surface area (Å²) in [6.07, 6.45) is 1.65. The first kappa shape index (κ1) is 7.38. The van der Waals surface area contributed by atoms with Crippen molar-refractivity contribution in [3.05, 3.63) is 42.6 Å². The summed E-state index contributed by atoms with van der Waals surface area (Å²) in [5, 5.41) is 16.4. The van der Waals surface area contributed by atoms with Crippen molar-refractivity contribution >= 4 is 21.7 Å². The Hall–Kier alpha value is -2.03. The summed E-state index contributed by atoms with van der Waals surface area (Å²) in [6, 6.07) is 11.9. The highest BCUT2D eigenvalue weighted by Crippen LogP contribution is 2.23. The molecule has 0 aliphatic carbocycles. The lowest BCUT2D eigenvalue weighted by Gasteiger charge is -1.99. The minimum atomic E-state index is 0.767. The van der Waals surface area contributed by atoms with Crippen molar-refractivity contribution in [2.75, 3.05) is 0 Å². The fraction of sp³-hybridized carbons (Fsp3) is 0. The molecule has 3 aromatic rings. The second-order valence-electron chi connectivity index (χ2n) is 3.26. The van der Waals surface area contributed by atoms with Gasteiger partial charge in [-0.05, 0) is 5.39 Å². The summed E-state index contributed by atoms with van der Waals surface area (Å²) in [6.45, 7) is 0. The Labute approximate surface area is 80.2 Å². The Kier molecular flexibility index (Phi) is 1.31. The Bertz CT molecular complexity index is 613. The maximum Gasteiger partial charge on any atom is 0.117 e. The van der Waals surface area contributed by atoms with Crippen LogP contribution in [0.4, 0.5) is 0 Å². The van der Waals surface area contributed by atoms with Gasteiger partial charge in [0.25, 0.3) is 0 Å². The summed E-state index contributed by atoms with van der Waals surface area (Å²) >= 11 is 0. The zero-order valence-electron chi connectivity index (χ0n) is 7.38. The van der Waals surface area contributed by atoms with Gasteiger partial charge in [0.2, 0.25) is 0 Å². The molecule has 0 unspecified atom stereocenters. The van der Waals surface area contributed by atoms with Crippen molar-refractivity contribution in [2.45, 2.75) is 0 Å². The van der Waals surface area contributed by atoms with E-state index in [-0.39, 0.29) is 0 Å². The highest BCUT2D eigenvalue weighted by atomic mass is 16.5. The number of fused-ring (bicyclic) bond motifs is 3. The van der Waals surface area contributed by atoms with Crippen LogP contribution in [0, 0.1) is 0 Å². The molecule has 0 spiro atoms. The fourth-order valence-electron chi connectivity index (χ4n) is 1.77. The lowest BCUT2D eigenvalue weighted by atomic mass is 10.1. The molecular formula is C11H8N2O. The summed E-state index contributed by atoms with van der Waals surface area (Å²) in [5.41, 5.74) is 0.767. The maximum atomic E-state index is 9.51. The van der Waals surface area contributed by atoms with Crippen LogP contribution in [-0.2, 0) is 0 Å². The molecular weight excluding hydrogens is 176 g/mol. The molecule has 0 fully saturated rings. The van der Waals surface area contributed by atoms with E-state index in [1.165, 1.54) is 0 Å². The van der Waals surface area contributed by atoms with E-state index in [0.717, 1.165) is 26.5 Å². The van der Waals surface area contributed by atoms with Crippen LogP contribution in [0.15, 0.2) is 42.6 Å². The summed E-state index contributed by atoms with van der Waals surface area (Å²) in [5.74, 6) is 0. The number of hydrogen-bond donors (Lipinski definition) is 1. The lowest BCUT2D eigenvalue weighted by molar-refractivity contribution is 0.162. The van der Waals surface area contributed by atoms with Gasteiger partial charge >= 0.3 is 0 Å². The molecule has 68 valence electrons. The van der Waals surface area contributed by atoms with Crippen LogP contribution in [0.3, 0.4) is 0 Å². The Balaban J connectivity index is 2.65. The van der Waals surface area contributed by atoms with Gasteiger partial charge in [0.15, 0.2) is 0 Å². The van der Waals surface area contributed by atoms with Crippen molar-refractivity contribution in [1.29, 1.82) is 0 Å². The minimum Gasteiger partial charge on any atom is -0.411 e. The zero-order valence-corrected chi connectivity index (χ0v) is 7.38. The topological polar surface area (TPSA) is 38.0 Å². The summed E-state index contributed by atoms with van der Waals surface area (Å²) in [4.78, 5) is 0.928. The highest BCUT2D eigenvalue weighted by Gasteiger charge is 2.04. The lowest BCUT2D eigenvalue weighted by Crippen LogP contribution is -1.91. The van der Waals surface area contributed by atoms with E-state index >= 15 is 0 Å². The molecule has 1 aromatic heterocycles. The first-order valence-electron chi connectivity index (χ1n) is 4.41. The number of rotatable bonds is 0. The molecule has 0 atom stereocenters. The molecule has 14 heavy (non-hydrogen) atoms. The SMILES string of the molecule is On1ncc2ccc3ccccc3c21. The van der Waals surface area contributed by atoms with Gasteiger partial charge in [0.1, 0.15) is 5.52 Å². The molecule has 0 radical (unpaired) electrons. The van der Waals surface area contributed by atoms with E-state index in [0.29, 0.717) is 0 Å². The highest BCUT2D eigenvalue weighted by molar-refractivity contribution is 6.05. The van der Waals surface area contributed by atoms with E-state index < -0.39 is 0 Å². The smallest absolute Gasteiger partial charge is 0.117 e. The van der Waals surface area contributed by atoms with Crippen LogP contribution < -0.4 is 0 Å². The predicted octanol–water partition coefficient (Wildman–Crippen LogP) is 2.43. The van der Waals surface area contributed by atoms with Crippen LogP contribution in [0.1, 0.15) is 0 Å². The number of aromatic nitrogens is 2. The fourth-order valence-corrected chi connectivity index (χ4v) is 1.77. The second-order valence-corrected chi connectivity index (χ2v) is 3.26. The van der Waals surface area contributed by atoms with Gasteiger partial charge in [-0.3, -0.25) is 0 Å². The van der Waals surface area contributed by atoms with Crippen LogP contribution in [0.25, 0.3) is 21.7 Å².